The second kappa shape index (κ2) is 10.3. The van der Waals surface area contributed by atoms with E-state index >= 15 is 0 Å². The molecule has 10 nitrogen and oxygen atoms in total. The van der Waals surface area contributed by atoms with Crippen LogP contribution in [0.1, 0.15) is 44.6 Å². The number of aryl methyl sites for hydroxylation is 1. The predicted molar refractivity (Wildman–Crippen MR) is 134 cm³/mol. The monoisotopic (exact) mass is 501 g/mol. The van der Waals surface area contributed by atoms with Crippen LogP contribution in [0.15, 0.2) is 71.5 Å². The summed E-state index contributed by atoms with van der Waals surface area (Å²) in [5.74, 6) is 0.309. The van der Waals surface area contributed by atoms with E-state index in [0.29, 0.717) is 28.3 Å². The Labute approximate surface area is 213 Å². The van der Waals surface area contributed by atoms with Crippen LogP contribution in [0.5, 0.6) is 5.75 Å². The predicted octanol–water partition coefficient (Wildman–Crippen LogP) is 3.13. The largest absolute Gasteiger partial charge is 0.496 e. The lowest BCUT2D eigenvalue weighted by molar-refractivity contribution is 0.0661. The third kappa shape index (κ3) is 4.96. The van der Waals surface area contributed by atoms with Crippen molar-refractivity contribution in [1.29, 1.82) is 0 Å². The number of rotatable bonds is 7. The van der Waals surface area contributed by atoms with Crippen LogP contribution in [0, 0.1) is 6.92 Å². The van der Waals surface area contributed by atoms with E-state index in [-0.39, 0.29) is 24.8 Å². The van der Waals surface area contributed by atoms with E-state index in [4.69, 9.17) is 9.26 Å². The van der Waals surface area contributed by atoms with E-state index in [9.17, 15) is 14.7 Å². The van der Waals surface area contributed by atoms with Gasteiger partial charge in [0, 0.05) is 41.1 Å². The molecule has 1 unspecified atom stereocenters. The quantitative estimate of drug-likeness (QED) is 0.354. The molecule has 190 valence electrons. The maximum absolute atomic E-state index is 13.7. The van der Waals surface area contributed by atoms with Crippen molar-refractivity contribution in [2.45, 2.75) is 31.5 Å². The Hall–Kier alpha value is -4.44. The second-order valence-electron chi connectivity index (χ2n) is 9.00. The van der Waals surface area contributed by atoms with Crippen molar-refractivity contribution < 1.29 is 24.0 Å². The molecule has 1 saturated heterocycles. The molecule has 0 bridgehead atoms. The zero-order valence-corrected chi connectivity index (χ0v) is 20.4. The number of methoxy groups -OCH3 is 1. The number of hydrogen-bond acceptors (Lipinski definition) is 7. The number of β-amino-alcohol motifs (C(OH)–C–C–N with tert-alkyl or cyclic N) is 1. The maximum atomic E-state index is 13.7. The molecule has 0 aliphatic carbocycles. The zero-order valence-electron chi connectivity index (χ0n) is 20.4. The highest BCUT2D eigenvalue weighted by atomic mass is 16.5. The third-order valence-corrected chi connectivity index (χ3v) is 6.50. The van der Waals surface area contributed by atoms with Gasteiger partial charge in [-0.2, -0.15) is 5.10 Å². The molecule has 3 heterocycles. The van der Waals surface area contributed by atoms with Gasteiger partial charge >= 0.3 is 0 Å². The summed E-state index contributed by atoms with van der Waals surface area (Å²) in [6.07, 6.45) is 2.91. The van der Waals surface area contributed by atoms with Crippen LogP contribution in [0.4, 0.5) is 0 Å². The third-order valence-electron chi connectivity index (χ3n) is 6.50. The minimum Gasteiger partial charge on any atom is -0.496 e. The SMILES string of the molecule is COc1cc(C(=O)N2C[C@H](O)C[C@@H]2C(NC(=O)c2ccccc2)c2cc(C)no2)ccc1-c1cn[nH]c1. The Bertz CT molecular complexity index is 1390. The van der Waals surface area contributed by atoms with E-state index in [0.717, 1.165) is 11.1 Å². The second-order valence-corrected chi connectivity index (χ2v) is 9.00. The lowest BCUT2D eigenvalue weighted by Crippen LogP contribution is -2.45. The standard InChI is InChI=1S/C27H27N5O5/c1-16-10-24(37-31-16)25(30-26(34)17-6-4-3-5-7-17)22-12-20(33)15-32(22)27(35)18-8-9-21(23(11-18)36-2)19-13-28-29-14-19/h3-11,13-14,20,22,25,33H,12,15H2,1-2H3,(H,28,29)(H,30,34)/t20-,22-,25?/m1/s1. The molecule has 1 aliphatic heterocycles. The molecular formula is C27H27N5O5. The number of aromatic nitrogens is 3. The smallest absolute Gasteiger partial charge is 0.254 e. The molecule has 10 heteroatoms. The molecule has 0 radical (unpaired) electrons. The zero-order chi connectivity index (χ0) is 25.9. The summed E-state index contributed by atoms with van der Waals surface area (Å²) in [7, 11) is 1.54. The first-order valence-corrected chi connectivity index (χ1v) is 11.9. The molecule has 3 atom stereocenters. The number of ether oxygens (including phenoxy) is 1. The van der Waals surface area contributed by atoms with Gasteiger partial charge in [-0.3, -0.25) is 14.7 Å². The Morgan fingerprint density at radius 2 is 2.00 bits per heavy atom. The molecule has 0 spiro atoms. The maximum Gasteiger partial charge on any atom is 0.254 e. The molecule has 2 aromatic heterocycles. The fourth-order valence-electron chi connectivity index (χ4n) is 4.72. The lowest BCUT2D eigenvalue weighted by atomic mass is 10.00. The highest BCUT2D eigenvalue weighted by molar-refractivity contribution is 5.97. The average molecular weight is 502 g/mol. The van der Waals surface area contributed by atoms with Crippen molar-refractivity contribution in [1.82, 2.24) is 25.6 Å². The first-order chi connectivity index (χ1) is 17.9. The van der Waals surface area contributed by atoms with E-state index in [1.54, 1.807) is 72.7 Å². The summed E-state index contributed by atoms with van der Waals surface area (Å²) in [5.41, 5.74) is 3.13. The minimum atomic E-state index is -0.763. The number of H-pyrrole nitrogens is 1. The Kier molecular flexibility index (Phi) is 6.74. The summed E-state index contributed by atoms with van der Waals surface area (Å²) < 4.78 is 11.1. The van der Waals surface area contributed by atoms with Crippen molar-refractivity contribution >= 4 is 11.8 Å². The molecular weight excluding hydrogens is 474 g/mol. The summed E-state index contributed by atoms with van der Waals surface area (Å²) in [4.78, 5) is 28.4. The highest BCUT2D eigenvalue weighted by Gasteiger charge is 2.42. The van der Waals surface area contributed by atoms with Crippen molar-refractivity contribution in [3.63, 3.8) is 0 Å². The van der Waals surface area contributed by atoms with E-state index in [1.165, 1.54) is 7.11 Å². The molecule has 1 fully saturated rings. The van der Waals surface area contributed by atoms with Gasteiger partial charge in [0.1, 0.15) is 11.8 Å². The Morgan fingerprint density at radius 3 is 2.68 bits per heavy atom. The number of aromatic amines is 1. The number of carbonyl (C=O) groups excluding carboxylic acids is 2. The number of likely N-dealkylation sites (tertiary alicyclic amines) is 1. The van der Waals surface area contributed by atoms with E-state index < -0.39 is 18.2 Å². The van der Waals surface area contributed by atoms with Crippen LogP contribution in [-0.2, 0) is 0 Å². The normalized spacial score (nSPS) is 18.0. The molecule has 37 heavy (non-hydrogen) atoms. The van der Waals surface area contributed by atoms with Crippen LogP contribution in [-0.4, -0.2) is 63.0 Å². The fraction of sp³-hybridized carbons (Fsp3) is 0.259. The van der Waals surface area contributed by atoms with Crippen LogP contribution in [0.25, 0.3) is 11.1 Å². The summed E-state index contributed by atoms with van der Waals surface area (Å²) in [5, 5.41) is 24.3. The number of nitrogens with one attached hydrogen (secondary N) is 2. The van der Waals surface area contributed by atoms with Gasteiger partial charge in [-0.05, 0) is 43.7 Å². The van der Waals surface area contributed by atoms with Crippen molar-refractivity contribution in [2.24, 2.45) is 0 Å². The van der Waals surface area contributed by atoms with Gasteiger partial charge < -0.3 is 24.6 Å². The number of aliphatic hydroxyl groups excluding tert-OH is 1. The van der Waals surface area contributed by atoms with E-state index in [1.807, 2.05) is 6.07 Å². The van der Waals surface area contributed by atoms with Gasteiger partial charge in [0.15, 0.2) is 5.76 Å². The molecule has 5 rings (SSSR count). The minimum absolute atomic E-state index is 0.111. The van der Waals surface area contributed by atoms with Crippen molar-refractivity contribution in [3.05, 3.63) is 89.6 Å². The van der Waals surface area contributed by atoms with Gasteiger partial charge in [-0.25, -0.2) is 0 Å². The van der Waals surface area contributed by atoms with Gasteiger partial charge in [0.25, 0.3) is 11.8 Å². The van der Waals surface area contributed by atoms with Crippen molar-refractivity contribution in [3.8, 4) is 16.9 Å². The summed E-state index contributed by atoms with van der Waals surface area (Å²) in [6, 6.07) is 14.4. The Morgan fingerprint density at radius 1 is 1.19 bits per heavy atom. The molecule has 4 aromatic rings. The molecule has 2 amide bonds. The number of benzene rings is 2. The van der Waals surface area contributed by atoms with Crippen LogP contribution in [0.2, 0.25) is 0 Å². The van der Waals surface area contributed by atoms with Gasteiger partial charge in [-0.15, -0.1) is 0 Å². The van der Waals surface area contributed by atoms with Gasteiger partial charge in [0.2, 0.25) is 0 Å². The molecule has 2 aromatic carbocycles. The summed E-state index contributed by atoms with van der Waals surface area (Å²) in [6.45, 7) is 1.89. The van der Waals surface area contributed by atoms with Crippen molar-refractivity contribution in [2.75, 3.05) is 13.7 Å². The van der Waals surface area contributed by atoms with Gasteiger partial charge in [-0.1, -0.05) is 23.4 Å². The molecule has 0 saturated carbocycles. The number of aliphatic hydroxyl groups is 1. The first kappa shape index (κ1) is 24.3. The summed E-state index contributed by atoms with van der Waals surface area (Å²) >= 11 is 0. The van der Waals surface area contributed by atoms with Crippen LogP contribution >= 0.6 is 0 Å². The van der Waals surface area contributed by atoms with Gasteiger partial charge in [0.05, 0.1) is 31.1 Å². The first-order valence-electron chi connectivity index (χ1n) is 11.9. The fourth-order valence-corrected chi connectivity index (χ4v) is 4.72. The molecule has 3 N–H and O–H groups in total. The highest BCUT2D eigenvalue weighted by Crippen LogP contribution is 2.34. The topological polar surface area (TPSA) is 134 Å². The number of amides is 2. The van der Waals surface area contributed by atoms with E-state index in [2.05, 4.69) is 20.7 Å². The Balaban J connectivity index is 1.47. The van der Waals surface area contributed by atoms with Crippen LogP contribution in [0.3, 0.4) is 0 Å². The van der Waals surface area contributed by atoms with Crippen LogP contribution < -0.4 is 10.1 Å². The average Bonchev–Trinajstić information content (AvgIpc) is 3.68. The number of nitrogens with zero attached hydrogens (tertiary/aromatic N) is 3. The number of carbonyl (C=O) groups is 2. The lowest BCUT2D eigenvalue weighted by Gasteiger charge is -2.31. The number of hydrogen-bond donors (Lipinski definition) is 3. The molecule has 1 aliphatic rings.